The van der Waals surface area contributed by atoms with Gasteiger partial charge in [-0.1, -0.05) is 0 Å². The number of aromatic carboxylic acids is 1. The molecular formula is C11H13NO3. The van der Waals surface area contributed by atoms with Crippen molar-refractivity contribution in [2.45, 2.75) is 25.4 Å². The van der Waals surface area contributed by atoms with Crippen LogP contribution in [0.1, 0.15) is 28.8 Å². The highest BCUT2D eigenvalue weighted by molar-refractivity contribution is 5.88. The monoisotopic (exact) mass is 207 g/mol. The number of hydrogen-bond donors (Lipinski definition) is 1. The van der Waals surface area contributed by atoms with Gasteiger partial charge in [-0.25, -0.2) is 4.79 Å². The lowest BCUT2D eigenvalue weighted by molar-refractivity contribution is 0.0693. The Morgan fingerprint density at radius 2 is 2.53 bits per heavy atom. The summed E-state index contributed by atoms with van der Waals surface area (Å²) >= 11 is 0. The smallest absolute Gasteiger partial charge is 0.337 e. The first-order valence-electron chi connectivity index (χ1n) is 5.05. The van der Waals surface area contributed by atoms with E-state index in [0.717, 1.165) is 25.0 Å². The summed E-state index contributed by atoms with van der Waals surface area (Å²) in [7, 11) is 0. The molecule has 0 amide bonds. The predicted molar refractivity (Wildman–Crippen MR) is 53.9 cm³/mol. The molecule has 0 saturated carbocycles. The Labute approximate surface area is 87.9 Å². The molecular weight excluding hydrogens is 194 g/mol. The molecule has 4 heteroatoms. The number of nitrogens with zero attached hydrogens (tertiary/aromatic N) is 1. The molecule has 1 unspecified atom stereocenters. The molecule has 1 N–H and O–H groups in total. The van der Waals surface area contributed by atoms with Crippen molar-refractivity contribution in [3.8, 4) is 0 Å². The zero-order valence-electron chi connectivity index (χ0n) is 8.35. The quantitative estimate of drug-likeness (QED) is 0.816. The number of carbonyl (C=O) groups is 1. The fourth-order valence-electron chi connectivity index (χ4n) is 1.84. The molecule has 0 bridgehead atoms. The van der Waals surface area contributed by atoms with Gasteiger partial charge in [-0.15, -0.1) is 0 Å². The number of carboxylic acid groups (broad SMARTS) is 1. The van der Waals surface area contributed by atoms with Crippen LogP contribution in [0.2, 0.25) is 0 Å². The van der Waals surface area contributed by atoms with Crippen molar-refractivity contribution in [1.82, 2.24) is 4.98 Å². The van der Waals surface area contributed by atoms with Crippen LogP contribution in [-0.2, 0) is 11.2 Å². The van der Waals surface area contributed by atoms with E-state index >= 15 is 0 Å². The Morgan fingerprint density at radius 3 is 3.20 bits per heavy atom. The van der Waals surface area contributed by atoms with E-state index < -0.39 is 5.97 Å². The SMILES string of the molecule is O=C(O)c1cnccc1CC1CCCO1. The van der Waals surface area contributed by atoms with Crippen LogP contribution >= 0.6 is 0 Å². The second-order valence-electron chi connectivity index (χ2n) is 3.68. The minimum atomic E-state index is -0.920. The molecule has 2 heterocycles. The Hall–Kier alpha value is -1.42. The van der Waals surface area contributed by atoms with Crippen LogP contribution < -0.4 is 0 Å². The third kappa shape index (κ3) is 2.33. The normalized spacial score (nSPS) is 20.4. The Kier molecular flexibility index (Phi) is 2.97. The van der Waals surface area contributed by atoms with E-state index in [1.165, 1.54) is 6.20 Å². The van der Waals surface area contributed by atoms with Crippen LogP contribution in [0.15, 0.2) is 18.5 Å². The lowest BCUT2D eigenvalue weighted by Crippen LogP contribution is -2.12. The van der Waals surface area contributed by atoms with Crippen LogP contribution in [0.5, 0.6) is 0 Å². The second-order valence-corrected chi connectivity index (χ2v) is 3.68. The first-order valence-corrected chi connectivity index (χ1v) is 5.05. The summed E-state index contributed by atoms with van der Waals surface area (Å²) in [5, 5.41) is 8.96. The second kappa shape index (κ2) is 4.40. The van der Waals surface area contributed by atoms with Crippen molar-refractivity contribution in [2.24, 2.45) is 0 Å². The van der Waals surface area contributed by atoms with Gasteiger partial charge in [-0.2, -0.15) is 0 Å². The highest BCUT2D eigenvalue weighted by Crippen LogP contribution is 2.18. The molecule has 1 atom stereocenters. The Bertz CT molecular complexity index is 359. The van der Waals surface area contributed by atoms with Crippen molar-refractivity contribution in [3.63, 3.8) is 0 Å². The zero-order chi connectivity index (χ0) is 10.7. The molecule has 1 aliphatic rings. The lowest BCUT2D eigenvalue weighted by atomic mass is 10.0. The van der Waals surface area contributed by atoms with E-state index in [2.05, 4.69) is 4.98 Å². The molecule has 0 aromatic carbocycles. The van der Waals surface area contributed by atoms with Gasteiger partial charge in [0.25, 0.3) is 0 Å². The largest absolute Gasteiger partial charge is 0.478 e. The summed E-state index contributed by atoms with van der Waals surface area (Å²) in [5.74, 6) is -0.920. The maximum Gasteiger partial charge on any atom is 0.337 e. The number of ether oxygens (including phenoxy) is 1. The fourth-order valence-corrected chi connectivity index (χ4v) is 1.84. The van der Waals surface area contributed by atoms with E-state index in [-0.39, 0.29) is 11.7 Å². The number of carboxylic acids is 1. The molecule has 0 aliphatic carbocycles. The predicted octanol–water partition coefficient (Wildman–Crippen LogP) is 1.50. The molecule has 1 fully saturated rings. The topological polar surface area (TPSA) is 59.4 Å². The summed E-state index contributed by atoms with van der Waals surface area (Å²) in [6, 6.07) is 1.76. The van der Waals surface area contributed by atoms with Crippen molar-refractivity contribution in [2.75, 3.05) is 6.61 Å². The highest BCUT2D eigenvalue weighted by atomic mass is 16.5. The summed E-state index contributed by atoms with van der Waals surface area (Å²) in [6.07, 6.45) is 5.94. The first-order chi connectivity index (χ1) is 7.27. The molecule has 1 saturated heterocycles. The average Bonchev–Trinajstić information content (AvgIpc) is 2.71. The van der Waals surface area contributed by atoms with Crippen molar-refractivity contribution >= 4 is 5.97 Å². The third-order valence-corrected chi connectivity index (χ3v) is 2.61. The maximum atomic E-state index is 10.9. The third-order valence-electron chi connectivity index (χ3n) is 2.61. The van der Waals surface area contributed by atoms with Gasteiger partial charge in [-0.05, 0) is 30.9 Å². The van der Waals surface area contributed by atoms with E-state index in [9.17, 15) is 4.79 Å². The van der Waals surface area contributed by atoms with Gasteiger partial charge in [0, 0.05) is 19.0 Å². The number of rotatable bonds is 3. The molecule has 0 radical (unpaired) electrons. The van der Waals surface area contributed by atoms with E-state index in [1.807, 2.05) is 0 Å². The minimum absolute atomic E-state index is 0.172. The number of hydrogen-bond acceptors (Lipinski definition) is 3. The lowest BCUT2D eigenvalue weighted by Gasteiger charge is -2.10. The molecule has 1 aromatic rings. The van der Waals surface area contributed by atoms with Crippen LogP contribution in [0.3, 0.4) is 0 Å². The summed E-state index contributed by atoms with van der Waals surface area (Å²) in [6.45, 7) is 0.790. The van der Waals surface area contributed by atoms with Crippen LogP contribution in [0.4, 0.5) is 0 Å². The zero-order valence-corrected chi connectivity index (χ0v) is 8.35. The van der Waals surface area contributed by atoms with Crippen LogP contribution in [0, 0.1) is 0 Å². The van der Waals surface area contributed by atoms with Gasteiger partial charge in [-0.3, -0.25) is 4.98 Å². The van der Waals surface area contributed by atoms with Crippen molar-refractivity contribution in [1.29, 1.82) is 0 Å². The Morgan fingerprint density at radius 1 is 1.67 bits per heavy atom. The summed E-state index contributed by atoms with van der Waals surface area (Å²) in [4.78, 5) is 14.7. The molecule has 1 aliphatic heterocycles. The van der Waals surface area contributed by atoms with E-state index in [0.29, 0.717) is 6.42 Å². The Balaban J connectivity index is 2.15. The van der Waals surface area contributed by atoms with Gasteiger partial charge < -0.3 is 9.84 Å². The molecule has 0 spiro atoms. The first kappa shape index (κ1) is 10.1. The average molecular weight is 207 g/mol. The molecule has 80 valence electrons. The molecule has 1 aromatic heterocycles. The van der Waals surface area contributed by atoms with Crippen molar-refractivity contribution in [3.05, 3.63) is 29.6 Å². The van der Waals surface area contributed by atoms with Crippen molar-refractivity contribution < 1.29 is 14.6 Å². The fraction of sp³-hybridized carbons (Fsp3) is 0.455. The van der Waals surface area contributed by atoms with Gasteiger partial charge >= 0.3 is 5.97 Å². The van der Waals surface area contributed by atoms with Gasteiger partial charge in [0.1, 0.15) is 0 Å². The van der Waals surface area contributed by atoms with E-state index in [4.69, 9.17) is 9.84 Å². The van der Waals surface area contributed by atoms with Gasteiger partial charge in [0.05, 0.1) is 11.7 Å². The van der Waals surface area contributed by atoms with Crippen LogP contribution in [0.25, 0.3) is 0 Å². The standard InChI is InChI=1S/C11H13NO3/c13-11(14)10-7-12-4-3-8(10)6-9-2-1-5-15-9/h3-4,7,9H,1-2,5-6H2,(H,13,14). The highest BCUT2D eigenvalue weighted by Gasteiger charge is 2.19. The van der Waals surface area contributed by atoms with E-state index in [1.54, 1.807) is 12.3 Å². The van der Waals surface area contributed by atoms with Gasteiger partial charge in [0.2, 0.25) is 0 Å². The number of pyridine rings is 1. The molecule has 15 heavy (non-hydrogen) atoms. The molecule has 4 nitrogen and oxygen atoms in total. The number of aromatic nitrogens is 1. The summed E-state index contributed by atoms with van der Waals surface area (Å²) in [5.41, 5.74) is 1.09. The van der Waals surface area contributed by atoms with Gasteiger partial charge in [0.15, 0.2) is 0 Å². The molecule has 2 rings (SSSR count). The van der Waals surface area contributed by atoms with Crippen LogP contribution in [-0.4, -0.2) is 28.8 Å². The summed E-state index contributed by atoms with van der Waals surface area (Å²) < 4.78 is 5.48. The maximum absolute atomic E-state index is 10.9. The minimum Gasteiger partial charge on any atom is -0.478 e.